The molecule has 11 heavy (non-hydrogen) atoms. The zero-order valence-electron chi connectivity index (χ0n) is 6.04. The number of hydrogen-bond donors (Lipinski definition) is 1. The molecule has 1 rings (SSSR count). The molecular weight excluding hydrogens is 185 g/mol. The number of rotatable bonds is 1. The maximum absolute atomic E-state index is 8.65. The van der Waals surface area contributed by atoms with Gasteiger partial charge in [-0.1, -0.05) is 11.6 Å². The molecule has 1 heterocycles. The van der Waals surface area contributed by atoms with Gasteiger partial charge in [-0.05, 0) is 18.6 Å². The summed E-state index contributed by atoms with van der Waals surface area (Å²) in [5.41, 5.74) is 1.60. The highest BCUT2D eigenvalue weighted by Gasteiger charge is 1.96. The third-order valence-corrected chi connectivity index (χ3v) is 1.66. The number of aliphatic hydroxyl groups excluding tert-OH is 1. The van der Waals surface area contributed by atoms with Crippen LogP contribution in [-0.4, -0.2) is 10.1 Å². The Bertz CT molecular complexity index is 240. The fraction of sp³-hybridized carbons (Fsp3) is 0.286. The van der Waals surface area contributed by atoms with Crippen molar-refractivity contribution in [2.45, 2.75) is 13.5 Å². The number of hydrogen-bond acceptors (Lipinski definition) is 2. The van der Waals surface area contributed by atoms with Gasteiger partial charge in [0.1, 0.15) is 0 Å². The zero-order valence-corrected chi connectivity index (χ0v) is 7.61. The number of nitrogens with zero attached hydrogens (tertiary/aromatic N) is 1. The number of aromatic nitrogens is 1. The Morgan fingerprint density at radius 2 is 2.27 bits per heavy atom. The van der Waals surface area contributed by atoms with Gasteiger partial charge in [0, 0.05) is 6.20 Å². The van der Waals surface area contributed by atoms with E-state index in [-0.39, 0.29) is 19.0 Å². The smallest absolute Gasteiger partial charge is 0.0853 e. The molecule has 0 unspecified atom stereocenters. The van der Waals surface area contributed by atoms with Crippen LogP contribution in [0.3, 0.4) is 0 Å². The van der Waals surface area contributed by atoms with E-state index in [9.17, 15) is 0 Å². The van der Waals surface area contributed by atoms with Crippen molar-refractivity contribution in [3.8, 4) is 0 Å². The van der Waals surface area contributed by atoms with E-state index in [2.05, 4.69) is 4.98 Å². The minimum atomic E-state index is -0.0298. The fourth-order valence-electron chi connectivity index (χ4n) is 0.684. The van der Waals surface area contributed by atoms with Crippen LogP contribution in [0.4, 0.5) is 0 Å². The van der Waals surface area contributed by atoms with Crippen LogP contribution < -0.4 is 0 Å². The van der Waals surface area contributed by atoms with Crippen molar-refractivity contribution in [3.05, 3.63) is 28.5 Å². The lowest BCUT2D eigenvalue weighted by molar-refractivity contribution is 0.277. The average Bonchev–Trinajstić information content (AvgIpc) is 1.95. The first-order chi connectivity index (χ1) is 4.74. The largest absolute Gasteiger partial charge is 0.390 e. The predicted octanol–water partition coefficient (Wildman–Crippen LogP) is 1.96. The van der Waals surface area contributed by atoms with Crippen molar-refractivity contribution in [2.75, 3.05) is 0 Å². The Kier molecular flexibility index (Phi) is 4.42. The number of halogens is 2. The first-order valence-corrected chi connectivity index (χ1v) is 3.33. The van der Waals surface area contributed by atoms with Gasteiger partial charge < -0.3 is 5.11 Å². The minimum Gasteiger partial charge on any atom is -0.390 e. The van der Waals surface area contributed by atoms with Crippen molar-refractivity contribution in [1.29, 1.82) is 0 Å². The van der Waals surface area contributed by atoms with Crippen LogP contribution in [0.2, 0.25) is 5.02 Å². The SMILES string of the molecule is Cc1cc(CO)ncc1Cl.Cl. The highest BCUT2D eigenvalue weighted by Crippen LogP contribution is 2.13. The van der Waals surface area contributed by atoms with Gasteiger partial charge in [0.05, 0.1) is 17.3 Å². The van der Waals surface area contributed by atoms with Gasteiger partial charge in [-0.15, -0.1) is 12.4 Å². The Labute approximate surface area is 76.6 Å². The predicted molar refractivity (Wildman–Crippen MR) is 47.2 cm³/mol. The molecule has 1 aromatic heterocycles. The minimum absolute atomic E-state index is 0. The molecule has 0 saturated heterocycles. The van der Waals surface area contributed by atoms with Crippen LogP contribution in [0.5, 0.6) is 0 Å². The van der Waals surface area contributed by atoms with Gasteiger partial charge in [-0.25, -0.2) is 0 Å². The molecule has 0 aliphatic rings. The Morgan fingerprint density at radius 3 is 2.73 bits per heavy atom. The topological polar surface area (TPSA) is 33.1 Å². The molecule has 0 amide bonds. The van der Waals surface area contributed by atoms with E-state index in [4.69, 9.17) is 16.7 Å². The van der Waals surface area contributed by atoms with E-state index in [0.29, 0.717) is 10.7 Å². The standard InChI is InChI=1S/C7H8ClNO.ClH/c1-5-2-6(4-10)9-3-7(5)8;/h2-3,10H,4H2,1H3;1H. The summed E-state index contributed by atoms with van der Waals surface area (Å²) in [7, 11) is 0. The van der Waals surface area contributed by atoms with Crippen LogP contribution in [0.1, 0.15) is 11.3 Å². The molecule has 0 aromatic carbocycles. The molecular formula is C7H9Cl2NO. The Morgan fingerprint density at radius 1 is 1.64 bits per heavy atom. The van der Waals surface area contributed by atoms with Gasteiger partial charge in [-0.2, -0.15) is 0 Å². The molecule has 0 aliphatic heterocycles. The van der Waals surface area contributed by atoms with Crippen molar-refractivity contribution in [2.24, 2.45) is 0 Å². The molecule has 0 spiro atoms. The van der Waals surface area contributed by atoms with E-state index in [1.807, 2.05) is 6.92 Å². The summed E-state index contributed by atoms with van der Waals surface area (Å²) in [4.78, 5) is 3.88. The Balaban J connectivity index is 0.000001000. The van der Waals surface area contributed by atoms with Crippen molar-refractivity contribution >= 4 is 24.0 Å². The molecule has 1 N–H and O–H groups in total. The van der Waals surface area contributed by atoms with Gasteiger partial charge in [0.15, 0.2) is 0 Å². The summed E-state index contributed by atoms with van der Waals surface area (Å²) in [5, 5.41) is 9.28. The van der Waals surface area contributed by atoms with Crippen LogP contribution in [0.25, 0.3) is 0 Å². The molecule has 0 radical (unpaired) electrons. The van der Waals surface area contributed by atoms with E-state index >= 15 is 0 Å². The zero-order chi connectivity index (χ0) is 7.56. The van der Waals surface area contributed by atoms with Gasteiger partial charge in [0.25, 0.3) is 0 Å². The summed E-state index contributed by atoms with van der Waals surface area (Å²) in [6, 6.07) is 1.77. The summed E-state index contributed by atoms with van der Waals surface area (Å²) in [5.74, 6) is 0. The van der Waals surface area contributed by atoms with E-state index in [0.717, 1.165) is 5.56 Å². The van der Waals surface area contributed by atoms with E-state index in [1.165, 1.54) is 0 Å². The molecule has 0 atom stereocenters. The third-order valence-electron chi connectivity index (χ3n) is 1.27. The first-order valence-electron chi connectivity index (χ1n) is 2.96. The van der Waals surface area contributed by atoms with Gasteiger partial charge in [-0.3, -0.25) is 4.98 Å². The molecule has 0 aliphatic carbocycles. The lowest BCUT2D eigenvalue weighted by Crippen LogP contribution is -1.89. The van der Waals surface area contributed by atoms with E-state index in [1.54, 1.807) is 12.3 Å². The number of aryl methyl sites for hydroxylation is 1. The van der Waals surface area contributed by atoms with Crippen LogP contribution in [0, 0.1) is 6.92 Å². The van der Waals surface area contributed by atoms with E-state index < -0.39 is 0 Å². The molecule has 0 fully saturated rings. The summed E-state index contributed by atoms with van der Waals surface area (Å²) in [6.45, 7) is 1.85. The Hall–Kier alpha value is -0.310. The molecule has 2 nitrogen and oxygen atoms in total. The lowest BCUT2D eigenvalue weighted by Gasteiger charge is -1.98. The fourth-order valence-corrected chi connectivity index (χ4v) is 0.787. The highest BCUT2D eigenvalue weighted by atomic mass is 35.5. The second kappa shape index (κ2) is 4.54. The first kappa shape index (κ1) is 10.7. The number of aliphatic hydroxyl groups is 1. The maximum atomic E-state index is 8.65. The third kappa shape index (κ3) is 2.66. The molecule has 0 bridgehead atoms. The van der Waals surface area contributed by atoms with Crippen LogP contribution in [-0.2, 0) is 6.61 Å². The van der Waals surface area contributed by atoms with Crippen LogP contribution in [0.15, 0.2) is 12.3 Å². The highest BCUT2D eigenvalue weighted by molar-refractivity contribution is 6.31. The lowest BCUT2D eigenvalue weighted by atomic mass is 10.2. The molecule has 1 aromatic rings. The van der Waals surface area contributed by atoms with Crippen molar-refractivity contribution < 1.29 is 5.11 Å². The van der Waals surface area contributed by atoms with Crippen molar-refractivity contribution in [3.63, 3.8) is 0 Å². The second-order valence-corrected chi connectivity index (χ2v) is 2.49. The van der Waals surface area contributed by atoms with Gasteiger partial charge in [0.2, 0.25) is 0 Å². The summed E-state index contributed by atoms with van der Waals surface area (Å²) < 4.78 is 0. The number of pyridine rings is 1. The van der Waals surface area contributed by atoms with Crippen LogP contribution >= 0.6 is 24.0 Å². The van der Waals surface area contributed by atoms with Crippen molar-refractivity contribution in [1.82, 2.24) is 4.98 Å². The molecule has 62 valence electrons. The maximum Gasteiger partial charge on any atom is 0.0853 e. The summed E-state index contributed by atoms with van der Waals surface area (Å²) >= 11 is 5.69. The normalized spacial score (nSPS) is 9.00. The molecule has 4 heteroatoms. The second-order valence-electron chi connectivity index (χ2n) is 2.08. The summed E-state index contributed by atoms with van der Waals surface area (Å²) in [6.07, 6.45) is 1.54. The van der Waals surface area contributed by atoms with Gasteiger partial charge >= 0.3 is 0 Å². The average molecular weight is 194 g/mol. The monoisotopic (exact) mass is 193 g/mol. The quantitative estimate of drug-likeness (QED) is 0.741. The molecule has 0 saturated carbocycles.